The van der Waals surface area contributed by atoms with Crippen molar-refractivity contribution in [1.82, 2.24) is 4.57 Å². The van der Waals surface area contributed by atoms with Gasteiger partial charge in [-0.25, -0.2) is 0 Å². The molecule has 0 bridgehead atoms. The van der Waals surface area contributed by atoms with Crippen molar-refractivity contribution in [3.05, 3.63) is 193 Å². The zero-order chi connectivity index (χ0) is 37.0. The van der Waals surface area contributed by atoms with Crippen molar-refractivity contribution >= 4 is 90.7 Å². The quantitative estimate of drug-likeness (QED) is 0.0749. The Morgan fingerprint density at radius 3 is 0.925 bits per heavy atom. The van der Waals surface area contributed by atoms with Gasteiger partial charge in [-0.15, -0.1) is 0 Å². The molecular weight excluding hydrogens is 771 g/mol. The number of hydrogen-bond acceptors (Lipinski definition) is 2. The predicted octanol–water partition coefficient (Wildman–Crippen LogP) is 10.2. The molecule has 0 aliphatic rings. The van der Waals surface area contributed by atoms with Crippen LogP contribution in [-0.4, -0.2) is 16.0 Å². The Bertz CT molecular complexity index is 2010. The maximum absolute atomic E-state index is 5.03. The molecule has 0 unspecified atom stereocenters. The van der Waals surface area contributed by atoms with Crippen LogP contribution in [0.4, 0.5) is 11.4 Å². The normalized spacial score (nSPS) is 11.8. The molecule has 6 aromatic carbocycles. The van der Waals surface area contributed by atoms with Crippen LogP contribution >= 0.6 is 36.0 Å². The summed E-state index contributed by atoms with van der Waals surface area (Å²) in [4.78, 5) is 10.1. The Balaban J connectivity index is 0.00000155. The SMILES string of the molecule is CC(=Nc1ccc(P(c2ccccc2)c2ccccc2)cc1)c1ccc(C(C)=Nc2ccc(P(c3ccccc3)c3ccccc3)cc2)n1C.[Cl][Fe][Cl]. The van der Waals surface area contributed by atoms with Gasteiger partial charge >= 0.3 is 33.3 Å². The van der Waals surface area contributed by atoms with Gasteiger partial charge in [0.25, 0.3) is 0 Å². The first-order valence-corrected chi connectivity index (χ1v) is 22.8. The molecule has 53 heavy (non-hydrogen) atoms. The molecule has 0 saturated carbocycles. The average molecular weight is 811 g/mol. The molecule has 0 aliphatic carbocycles. The zero-order valence-electron chi connectivity index (χ0n) is 29.7. The molecule has 3 nitrogen and oxygen atoms in total. The number of aliphatic imine (C=N–C) groups is 2. The third-order valence-corrected chi connectivity index (χ3v) is 13.6. The van der Waals surface area contributed by atoms with Gasteiger partial charge in [0.1, 0.15) is 0 Å². The van der Waals surface area contributed by atoms with E-state index >= 15 is 0 Å². The van der Waals surface area contributed by atoms with Crippen molar-refractivity contribution in [2.75, 3.05) is 0 Å². The van der Waals surface area contributed by atoms with Gasteiger partial charge < -0.3 is 4.57 Å². The van der Waals surface area contributed by atoms with Gasteiger partial charge in [0.05, 0.1) is 34.2 Å². The Labute approximate surface area is 330 Å². The fourth-order valence-corrected chi connectivity index (χ4v) is 10.9. The Hall–Kier alpha value is -4.10. The Morgan fingerprint density at radius 1 is 0.415 bits per heavy atom. The summed E-state index contributed by atoms with van der Waals surface area (Å²) >= 11 is 0.194. The van der Waals surface area contributed by atoms with Crippen LogP contribution in [0, 0.1) is 0 Å². The van der Waals surface area contributed by atoms with Crippen LogP contribution in [0.5, 0.6) is 0 Å². The molecule has 7 aromatic rings. The van der Waals surface area contributed by atoms with E-state index in [9.17, 15) is 0 Å². The molecular formula is C45H39Cl2FeN3P2. The van der Waals surface area contributed by atoms with Crippen LogP contribution in [0.3, 0.4) is 0 Å². The van der Waals surface area contributed by atoms with E-state index in [0.29, 0.717) is 0 Å². The zero-order valence-corrected chi connectivity index (χ0v) is 34.1. The molecule has 8 heteroatoms. The van der Waals surface area contributed by atoms with Crippen molar-refractivity contribution < 1.29 is 13.1 Å². The number of hydrogen-bond donors (Lipinski definition) is 0. The summed E-state index contributed by atoms with van der Waals surface area (Å²) in [7, 11) is 10.3. The second kappa shape index (κ2) is 19.3. The summed E-state index contributed by atoms with van der Waals surface area (Å²) in [5.41, 5.74) is 5.96. The van der Waals surface area contributed by atoms with Crippen molar-refractivity contribution in [3.63, 3.8) is 0 Å². The summed E-state index contributed by atoms with van der Waals surface area (Å²) in [6.45, 7) is 4.16. The van der Waals surface area contributed by atoms with Crippen LogP contribution in [-0.2, 0) is 20.2 Å². The standard InChI is InChI=1S/C45H39N3P2.2ClH.Fe/c1-34(46-36-24-28-42(29-25-36)49(38-16-8-4-9-17-38)39-18-10-5-11-19-39)44-32-33-45(48(44)3)35(2)47-37-26-30-43(31-27-37)50(40-20-12-6-13-21-40)41-22-14-7-15-23-41;;;/h4-33H,1-3H3;2*1H;/q;;;+2/p-2. The summed E-state index contributed by atoms with van der Waals surface area (Å²) in [6, 6.07) is 65.0. The number of rotatable bonds is 10. The van der Waals surface area contributed by atoms with Gasteiger partial charge in [0.15, 0.2) is 0 Å². The van der Waals surface area contributed by atoms with Crippen LogP contribution in [0.15, 0.2) is 192 Å². The first-order valence-electron chi connectivity index (χ1n) is 17.1. The van der Waals surface area contributed by atoms with Gasteiger partial charge in [-0.2, -0.15) is 0 Å². The molecule has 0 fully saturated rings. The molecule has 0 radical (unpaired) electrons. The third-order valence-electron chi connectivity index (χ3n) is 8.73. The van der Waals surface area contributed by atoms with Gasteiger partial charge in [-0.1, -0.05) is 146 Å². The van der Waals surface area contributed by atoms with E-state index < -0.39 is 15.8 Å². The minimum atomic E-state index is -0.645. The summed E-state index contributed by atoms with van der Waals surface area (Å²) in [5.74, 6) is 0. The average Bonchev–Trinajstić information content (AvgIpc) is 3.60. The van der Waals surface area contributed by atoms with Gasteiger partial charge in [0.2, 0.25) is 0 Å². The fraction of sp³-hybridized carbons (Fsp3) is 0.0667. The minimum absolute atomic E-state index is 0.194. The van der Waals surface area contributed by atoms with Crippen LogP contribution < -0.4 is 31.8 Å². The molecule has 0 N–H and O–H groups in total. The van der Waals surface area contributed by atoms with E-state index in [1.807, 2.05) is 0 Å². The first-order chi connectivity index (χ1) is 26.0. The second-order valence-electron chi connectivity index (χ2n) is 12.2. The Morgan fingerprint density at radius 2 is 0.660 bits per heavy atom. The summed E-state index contributed by atoms with van der Waals surface area (Å²) in [6.07, 6.45) is 0. The topological polar surface area (TPSA) is 29.6 Å². The molecule has 7 rings (SSSR count). The third kappa shape index (κ3) is 9.91. The second-order valence-corrected chi connectivity index (χ2v) is 18.4. The van der Waals surface area contributed by atoms with E-state index in [-0.39, 0.29) is 13.1 Å². The Kier molecular flexibility index (Phi) is 14.1. The predicted molar refractivity (Wildman–Crippen MR) is 231 cm³/mol. The summed E-state index contributed by atoms with van der Waals surface area (Å²) in [5, 5.41) is 7.99. The van der Waals surface area contributed by atoms with Gasteiger partial charge in [0, 0.05) is 7.05 Å². The molecule has 0 atom stereocenters. The van der Waals surface area contributed by atoms with E-state index in [1.54, 1.807) is 0 Å². The monoisotopic (exact) mass is 809 g/mol. The van der Waals surface area contributed by atoms with Crippen LogP contribution in [0.1, 0.15) is 25.2 Å². The molecule has 1 heterocycles. The van der Waals surface area contributed by atoms with E-state index in [2.05, 4.69) is 207 Å². The first kappa shape index (κ1) is 38.6. The van der Waals surface area contributed by atoms with Crippen molar-refractivity contribution in [3.8, 4) is 0 Å². The van der Waals surface area contributed by atoms with Crippen LogP contribution in [0.2, 0.25) is 0 Å². The number of nitrogens with zero attached hydrogens (tertiary/aromatic N) is 3. The molecule has 0 saturated heterocycles. The van der Waals surface area contributed by atoms with Crippen molar-refractivity contribution in [2.24, 2.45) is 17.0 Å². The number of halogens is 2. The molecule has 0 amide bonds. The van der Waals surface area contributed by atoms with Gasteiger partial charge in [-0.3, -0.25) is 9.98 Å². The van der Waals surface area contributed by atoms with E-state index in [0.717, 1.165) is 34.2 Å². The van der Waals surface area contributed by atoms with Crippen molar-refractivity contribution in [2.45, 2.75) is 13.8 Å². The number of aromatic nitrogens is 1. The molecule has 1 aromatic heterocycles. The maximum atomic E-state index is 5.03. The van der Waals surface area contributed by atoms with Crippen molar-refractivity contribution in [1.29, 1.82) is 0 Å². The summed E-state index contributed by atoms with van der Waals surface area (Å²) < 4.78 is 2.19. The molecule has 0 spiro atoms. The molecule has 266 valence electrons. The van der Waals surface area contributed by atoms with Gasteiger partial charge in [-0.05, 0) is 97.9 Å². The molecule has 0 aliphatic heterocycles. The van der Waals surface area contributed by atoms with E-state index in [4.69, 9.17) is 30.2 Å². The fourth-order valence-electron chi connectivity index (χ4n) is 6.29. The van der Waals surface area contributed by atoms with Crippen LogP contribution in [0.25, 0.3) is 0 Å². The number of benzene rings is 6. The van der Waals surface area contributed by atoms with E-state index in [1.165, 1.54) is 31.8 Å².